The molecule has 3 nitrogen and oxygen atoms in total. The van der Waals surface area contributed by atoms with E-state index in [0.29, 0.717) is 4.32 Å². The molecule has 0 fully saturated rings. The van der Waals surface area contributed by atoms with Gasteiger partial charge in [0.2, 0.25) is 0 Å². The van der Waals surface area contributed by atoms with E-state index in [2.05, 4.69) is 15.5 Å². The minimum atomic E-state index is -0.472. The predicted molar refractivity (Wildman–Crippen MR) is 90.3 cm³/mol. The van der Waals surface area contributed by atoms with Gasteiger partial charge in [0.05, 0.1) is 11.9 Å². The van der Waals surface area contributed by atoms with Crippen molar-refractivity contribution in [1.82, 2.24) is 10.4 Å². The Morgan fingerprint density at radius 1 is 1.40 bits per heavy atom. The van der Waals surface area contributed by atoms with Crippen molar-refractivity contribution in [2.45, 2.75) is 0 Å². The number of nitrogens with one attached hydrogen (secondary N) is 1. The van der Waals surface area contributed by atoms with E-state index in [-0.39, 0.29) is 0 Å². The molecular formula is C12H11Cl2N3PtS2. The Labute approximate surface area is 143 Å². The summed E-state index contributed by atoms with van der Waals surface area (Å²) >= 11 is 5.96. The van der Waals surface area contributed by atoms with Crippen molar-refractivity contribution in [3.05, 3.63) is 42.2 Å². The quantitative estimate of drug-likeness (QED) is 0.362. The first-order chi connectivity index (χ1) is 9.72. The summed E-state index contributed by atoms with van der Waals surface area (Å²) in [7, 11) is 9.75. The van der Waals surface area contributed by atoms with Crippen molar-refractivity contribution in [3.8, 4) is 0 Å². The Kier molecular flexibility index (Phi) is 9.40. The first-order valence-corrected chi connectivity index (χ1v) is 12.5. The molecule has 2 rings (SSSR count). The van der Waals surface area contributed by atoms with Gasteiger partial charge in [0.1, 0.15) is 0 Å². The molecule has 0 aliphatic rings. The summed E-state index contributed by atoms with van der Waals surface area (Å²) in [6, 6.07) is 10.0. The van der Waals surface area contributed by atoms with Crippen LogP contribution in [0.25, 0.3) is 10.8 Å². The number of thiocarbonyl (C=S) groups is 1. The summed E-state index contributed by atoms with van der Waals surface area (Å²) in [6.45, 7) is 0. The molecular weight excluding hydrogens is 516 g/mol. The maximum absolute atomic E-state index is 4.98. The minimum absolute atomic E-state index is 0.472. The van der Waals surface area contributed by atoms with Crippen molar-refractivity contribution in [1.29, 1.82) is 0 Å². The second kappa shape index (κ2) is 10.5. The number of hydrogen-bond donors (Lipinski definition) is 1. The predicted octanol–water partition coefficient (Wildman–Crippen LogP) is 4.18. The van der Waals surface area contributed by atoms with Gasteiger partial charge in [-0.25, -0.2) is 0 Å². The maximum atomic E-state index is 4.98. The van der Waals surface area contributed by atoms with Crippen LogP contribution in [0.15, 0.2) is 41.6 Å². The van der Waals surface area contributed by atoms with Gasteiger partial charge in [-0.2, -0.15) is 5.10 Å². The Bertz CT molecular complexity index is 590. The van der Waals surface area contributed by atoms with E-state index in [1.807, 2.05) is 36.6 Å². The molecule has 2 aromatic rings. The van der Waals surface area contributed by atoms with Gasteiger partial charge in [-0.15, -0.1) is 0 Å². The molecule has 0 saturated carbocycles. The topological polar surface area (TPSA) is 37.3 Å². The van der Waals surface area contributed by atoms with Crippen LogP contribution in [-0.4, -0.2) is 21.8 Å². The van der Waals surface area contributed by atoms with Gasteiger partial charge in [0, 0.05) is 11.6 Å². The van der Waals surface area contributed by atoms with Crippen LogP contribution in [0.4, 0.5) is 0 Å². The molecule has 0 bridgehead atoms. The summed E-state index contributed by atoms with van der Waals surface area (Å²) < 4.78 is 0.640. The first-order valence-electron chi connectivity index (χ1n) is 5.26. The molecule has 8 heteroatoms. The van der Waals surface area contributed by atoms with Crippen molar-refractivity contribution in [3.63, 3.8) is 0 Å². The van der Waals surface area contributed by atoms with E-state index in [9.17, 15) is 0 Å². The van der Waals surface area contributed by atoms with Crippen LogP contribution in [0, 0.1) is 0 Å². The van der Waals surface area contributed by atoms with Crippen LogP contribution in [-0.2, 0) is 16.5 Å². The number of pyridine rings is 1. The molecule has 1 heterocycles. The zero-order valence-electron chi connectivity index (χ0n) is 10.3. The molecule has 1 N–H and O–H groups in total. The fourth-order valence-electron chi connectivity index (χ4n) is 1.44. The standard InChI is InChI=1S/C12H11N3S2.2ClH.Pt/c1-17-12(16)15-14-8-11-10-5-3-2-4-9(10)6-7-13-11;;;/h2-8H,1H3,(H,15,16);2*1H;/q;;;+2/p-2. The molecule has 0 aliphatic heterocycles. The molecule has 1 aromatic heterocycles. The third-order valence-corrected chi connectivity index (χ3v) is 3.29. The average molecular weight is 527 g/mol. The molecule has 0 spiro atoms. The van der Waals surface area contributed by atoms with E-state index in [1.165, 1.54) is 11.8 Å². The third kappa shape index (κ3) is 6.06. The number of halogens is 2. The molecule has 110 valence electrons. The van der Waals surface area contributed by atoms with Crippen LogP contribution in [0.5, 0.6) is 0 Å². The van der Waals surface area contributed by atoms with Gasteiger partial charge in [-0.3, -0.25) is 10.4 Å². The number of rotatable bonds is 2. The van der Waals surface area contributed by atoms with Gasteiger partial charge in [0.25, 0.3) is 0 Å². The Balaban J connectivity index is 0.000000612. The van der Waals surface area contributed by atoms with E-state index in [0.717, 1.165) is 16.5 Å². The summed E-state index contributed by atoms with van der Waals surface area (Å²) in [6.07, 6.45) is 5.36. The van der Waals surface area contributed by atoms with Crippen molar-refractivity contribution in [2.75, 3.05) is 6.26 Å². The fraction of sp³-hybridized carbons (Fsp3) is 0.0833. The molecule has 0 amide bonds. The Morgan fingerprint density at radius 2 is 2.10 bits per heavy atom. The van der Waals surface area contributed by atoms with Gasteiger partial charge in [-0.05, 0) is 17.7 Å². The summed E-state index contributed by atoms with van der Waals surface area (Å²) in [4.78, 5) is 4.29. The van der Waals surface area contributed by atoms with Crippen LogP contribution in [0.1, 0.15) is 5.69 Å². The zero-order chi connectivity index (χ0) is 14.8. The monoisotopic (exact) mass is 526 g/mol. The summed E-state index contributed by atoms with van der Waals surface area (Å²) in [5.41, 5.74) is 3.60. The van der Waals surface area contributed by atoms with Crippen molar-refractivity contribution >= 4 is 64.1 Å². The molecule has 0 atom stereocenters. The number of thioether (sulfide) groups is 1. The normalized spacial score (nSPS) is 10.3. The fourth-order valence-corrected chi connectivity index (χ4v) is 1.63. The second-order valence-corrected chi connectivity index (χ2v) is 8.09. The van der Waals surface area contributed by atoms with Gasteiger partial charge in [-0.1, -0.05) is 48.2 Å². The van der Waals surface area contributed by atoms with Gasteiger partial charge in [0.15, 0.2) is 4.32 Å². The number of nitrogens with zero attached hydrogens (tertiary/aromatic N) is 2. The summed E-state index contributed by atoms with van der Waals surface area (Å²) in [5.74, 6) is 0. The third-order valence-electron chi connectivity index (χ3n) is 2.23. The van der Waals surface area contributed by atoms with E-state index in [4.69, 9.17) is 31.1 Å². The number of aromatic nitrogens is 1. The first kappa shape index (κ1) is 17.9. The van der Waals surface area contributed by atoms with E-state index < -0.39 is 16.5 Å². The zero-order valence-corrected chi connectivity index (χ0v) is 15.7. The average Bonchev–Trinajstić information content (AvgIpc) is 2.48. The molecule has 0 unspecified atom stereocenters. The molecule has 0 radical (unpaired) electrons. The van der Waals surface area contributed by atoms with E-state index >= 15 is 0 Å². The van der Waals surface area contributed by atoms with Crippen molar-refractivity contribution in [2.24, 2.45) is 5.10 Å². The van der Waals surface area contributed by atoms with Gasteiger partial charge >= 0.3 is 35.3 Å². The SMILES string of the molecule is CSC(=S)NN=Cc1nccc2ccccc12.[Cl][Pt][Cl]. The molecule has 20 heavy (non-hydrogen) atoms. The number of benzene rings is 1. The second-order valence-electron chi connectivity index (χ2n) is 3.32. The van der Waals surface area contributed by atoms with Gasteiger partial charge < -0.3 is 0 Å². The molecule has 0 aliphatic carbocycles. The molecule has 1 aromatic carbocycles. The molecule has 0 saturated heterocycles. The van der Waals surface area contributed by atoms with E-state index in [1.54, 1.807) is 12.4 Å². The van der Waals surface area contributed by atoms with Crippen LogP contribution >= 0.6 is 42.8 Å². The number of hydrogen-bond acceptors (Lipinski definition) is 4. The summed E-state index contributed by atoms with van der Waals surface area (Å²) in [5, 5.41) is 6.29. The van der Waals surface area contributed by atoms with Crippen molar-refractivity contribution < 1.29 is 16.5 Å². The number of hydrazone groups is 1. The van der Waals surface area contributed by atoms with Crippen LogP contribution < -0.4 is 5.43 Å². The van der Waals surface area contributed by atoms with Crippen LogP contribution in [0.3, 0.4) is 0 Å². The Morgan fingerprint density at radius 3 is 2.80 bits per heavy atom. The van der Waals surface area contributed by atoms with Crippen LogP contribution in [0.2, 0.25) is 0 Å². The number of fused-ring (bicyclic) bond motifs is 1. The Hall–Kier alpha value is -0.192.